The minimum Gasteiger partial charge on any atom is -0.478 e. The van der Waals surface area contributed by atoms with E-state index in [0.717, 1.165) is 35.4 Å². The van der Waals surface area contributed by atoms with Crippen LogP contribution in [0.4, 0.5) is 0 Å². The predicted octanol–water partition coefficient (Wildman–Crippen LogP) is 2.99. The average Bonchev–Trinajstić information content (AvgIpc) is 2.34. The van der Waals surface area contributed by atoms with Crippen LogP contribution < -0.4 is 4.74 Å². The highest BCUT2D eigenvalue weighted by molar-refractivity contribution is 14.1. The maximum absolute atomic E-state index is 5.60. The first-order valence-electron chi connectivity index (χ1n) is 5.47. The summed E-state index contributed by atoms with van der Waals surface area (Å²) in [7, 11) is 1.70. The summed E-state index contributed by atoms with van der Waals surface area (Å²) in [6, 6.07) is 4.15. The highest BCUT2D eigenvalue weighted by atomic mass is 127. The third-order valence-corrected chi connectivity index (χ3v) is 3.05. The van der Waals surface area contributed by atoms with Gasteiger partial charge < -0.3 is 9.47 Å². The second kappa shape index (κ2) is 7.84. The van der Waals surface area contributed by atoms with Gasteiger partial charge in [-0.15, -0.1) is 0 Å². The lowest BCUT2D eigenvalue weighted by Gasteiger charge is -2.08. The van der Waals surface area contributed by atoms with Crippen LogP contribution in [0.3, 0.4) is 0 Å². The Balaban J connectivity index is 2.57. The number of pyridine rings is 1. The first-order chi connectivity index (χ1) is 7.80. The van der Waals surface area contributed by atoms with Crippen molar-refractivity contribution >= 4 is 22.6 Å². The molecule has 0 aliphatic carbocycles. The number of hydrogen-bond donors (Lipinski definition) is 0. The van der Waals surface area contributed by atoms with Crippen LogP contribution in [0.1, 0.15) is 24.6 Å². The summed E-state index contributed by atoms with van der Waals surface area (Å²) in [4.78, 5) is 4.43. The summed E-state index contributed by atoms with van der Waals surface area (Å²) < 4.78 is 11.6. The van der Waals surface area contributed by atoms with Gasteiger partial charge in [0.15, 0.2) is 0 Å². The zero-order valence-electron chi connectivity index (χ0n) is 9.83. The molecular formula is C12H18INO2. The van der Waals surface area contributed by atoms with Crippen molar-refractivity contribution in [3.8, 4) is 5.88 Å². The SMILES string of the molecule is CCc1cc(CI)cc(OCCCOC)n1. The maximum Gasteiger partial charge on any atom is 0.213 e. The molecule has 0 fully saturated rings. The van der Waals surface area contributed by atoms with Gasteiger partial charge in [0, 0.05) is 36.3 Å². The van der Waals surface area contributed by atoms with Crippen LogP contribution >= 0.6 is 22.6 Å². The Morgan fingerprint density at radius 1 is 1.31 bits per heavy atom. The van der Waals surface area contributed by atoms with Gasteiger partial charge in [0.05, 0.1) is 6.61 Å². The number of ether oxygens (including phenoxy) is 2. The minimum atomic E-state index is 0.661. The summed E-state index contributed by atoms with van der Waals surface area (Å²) in [5, 5.41) is 0. The third kappa shape index (κ3) is 4.65. The number of rotatable bonds is 7. The normalized spacial score (nSPS) is 10.4. The molecule has 4 heteroatoms. The molecule has 0 N–H and O–H groups in total. The van der Waals surface area contributed by atoms with Gasteiger partial charge in [-0.3, -0.25) is 0 Å². The highest BCUT2D eigenvalue weighted by Gasteiger charge is 2.02. The van der Waals surface area contributed by atoms with Crippen molar-refractivity contribution in [2.24, 2.45) is 0 Å². The number of aryl methyl sites for hydroxylation is 1. The van der Waals surface area contributed by atoms with E-state index in [1.54, 1.807) is 7.11 Å². The van der Waals surface area contributed by atoms with Gasteiger partial charge in [-0.25, -0.2) is 4.98 Å². The van der Waals surface area contributed by atoms with Crippen LogP contribution in [-0.4, -0.2) is 25.3 Å². The van der Waals surface area contributed by atoms with Gasteiger partial charge in [0.1, 0.15) is 0 Å². The molecular weight excluding hydrogens is 317 g/mol. The van der Waals surface area contributed by atoms with Gasteiger partial charge in [-0.1, -0.05) is 29.5 Å². The molecule has 3 nitrogen and oxygen atoms in total. The quantitative estimate of drug-likeness (QED) is 0.436. The predicted molar refractivity (Wildman–Crippen MR) is 73.3 cm³/mol. The van der Waals surface area contributed by atoms with Crippen LogP contribution in [-0.2, 0) is 15.6 Å². The first kappa shape index (κ1) is 13.7. The van der Waals surface area contributed by atoms with E-state index in [2.05, 4.69) is 40.6 Å². The lowest BCUT2D eigenvalue weighted by molar-refractivity contribution is 0.170. The molecule has 0 atom stereocenters. The Kier molecular flexibility index (Phi) is 6.71. The zero-order valence-corrected chi connectivity index (χ0v) is 12.0. The summed E-state index contributed by atoms with van der Waals surface area (Å²) in [5.74, 6) is 0.738. The molecule has 0 aromatic carbocycles. The molecule has 0 amide bonds. The standard InChI is InChI=1S/C12H18INO2/c1-3-11-7-10(9-13)8-12(14-11)16-6-4-5-15-2/h7-8H,3-6,9H2,1-2H3. The van der Waals surface area contributed by atoms with E-state index in [0.29, 0.717) is 6.61 Å². The van der Waals surface area contributed by atoms with E-state index >= 15 is 0 Å². The summed E-state index contributed by atoms with van der Waals surface area (Å²) in [5.41, 5.74) is 2.37. The fourth-order valence-corrected chi connectivity index (χ4v) is 1.77. The topological polar surface area (TPSA) is 31.4 Å². The Morgan fingerprint density at radius 3 is 2.75 bits per heavy atom. The maximum atomic E-state index is 5.60. The molecule has 90 valence electrons. The number of halogens is 1. The Bertz CT molecular complexity index is 296. The molecule has 0 aliphatic heterocycles. The minimum absolute atomic E-state index is 0.661. The summed E-state index contributed by atoms with van der Waals surface area (Å²) in [6.45, 7) is 3.50. The molecule has 1 rings (SSSR count). The molecule has 1 aromatic heterocycles. The van der Waals surface area contributed by atoms with Gasteiger partial charge in [-0.05, 0) is 18.1 Å². The number of nitrogens with zero attached hydrogens (tertiary/aromatic N) is 1. The number of hydrogen-bond acceptors (Lipinski definition) is 3. The van der Waals surface area contributed by atoms with Crippen molar-refractivity contribution in [2.45, 2.75) is 24.2 Å². The monoisotopic (exact) mass is 335 g/mol. The molecule has 0 spiro atoms. The van der Waals surface area contributed by atoms with Crippen molar-refractivity contribution in [2.75, 3.05) is 20.3 Å². The molecule has 0 radical (unpaired) electrons. The van der Waals surface area contributed by atoms with Crippen molar-refractivity contribution in [3.05, 3.63) is 23.4 Å². The van der Waals surface area contributed by atoms with E-state index in [1.165, 1.54) is 5.56 Å². The Morgan fingerprint density at radius 2 is 2.12 bits per heavy atom. The Hall–Kier alpha value is -0.360. The molecule has 1 aromatic rings. The fraction of sp³-hybridized carbons (Fsp3) is 0.583. The van der Waals surface area contributed by atoms with Crippen LogP contribution in [0.2, 0.25) is 0 Å². The first-order valence-corrected chi connectivity index (χ1v) is 7.00. The van der Waals surface area contributed by atoms with Crippen LogP contribution in [0.15, 0.2) is 12.1 Å². The fourth-order valence-electron chi connectivity index (χ4n) is 1.33. The van der Waals surface area contributed by atoms with Crippen LogP contribution in [0.5, 0.6) is 5.88 Å². The van der Waals surface area contributed by atoms with Crippen molar-refractivity contribution in [1.82, 2.24) is 4.98 Å². The van der Waals surface area contributed by atoms with Gasteiger partial charge >= 0.3 is 0 Å². The van der Waals surface area contributed by atoms with Crippen LogP contribution in [0, 0.1) is 0 Å². The van der Waals surface area contributed by atoms with E-state index < -0.39 is 0 Å². The lowest BCUT2D eigenvalue weighted by atomic mass is 10.2. The lowest BCUT2D eigenvalue weighted by Crippen LogP contribution is -2.04. The number of aromatic nitrogens is 1. The largest absolute Gasteiger partial charge is 0.478 e. The van der Waals surface area contributed by atoms with Crippen molar-refractivity contribution < 1.29 is 9.47 Å². The molecule has 0 saturated carbocycles. The molecule has 0 bridgehead atoms. The molecule has 0 unspecified atom stereocenters. The second-order valence-corrected chi connectivity index (χ2v) is 4.25. The summed E-state index contributed by atoms with van der Waals surface area (Å²) in [6.07, 6.45) is 1.84. The highest BCUT2D eigenvalue weighted by Crippen LogP contribution is 2.16. The number of alkyl halides is 1. The van der Waals surface area contributed by atoms with Gasteiger partial charge in [-0.2, -0.15) is 0 Å². The third-order valence-electron chi connectivity index (χ3n) is 2.17. The smallest absolute Gasteiger partial charge is 0.213 e. The summed E-state index contributed by atoms with van der Waals surface area (Å²) >= 11 is 2.35. The zero-order chi connectivity index (χ0) is 11.8. The van der Waals surface area contributed by atoms with Gasteiger partial charge in [0.25, 0.3) is 0 Å². The van der Waals surface area contributed by atoms with E-state index in [4.69, 9.17) is 9.47 Å². The van der Waals surface area contributed by atoms with E-state index in [1.807, 2.05) is 6.07 Å². The molecule has 0 saturated heterocycles. The molecule has 1 heterocycles. The van der Waals surface area contributed by atoms with E-state index in [9.17, 15) is 0 Å². The Labute approximate surface area is 111 Å². The van der Waals surface area contributed by atoms with E-state index in [-0.39, 0.29) is 0 Å². The van der Waals surface area contributed by atoms with Crippen LogP contribution in [0.25, 0.3) is 0 Å². The average molecular weight is 335 g/mol. The molecule has 16 heavy (non-hydrogen) atoms. The molecule has 0 aliphatic rings. The van der Waals surface area contributed by atoms with Crippen molar-refractivity contribution in [3.63, 3.8) is 0 Å². The van der Waals surface area contributed by atoms with Gasteiger partial charge in [0.2, 0.25) is 5.88 Å². The second-order valence-electron chi connectivity index (χ2n) is 3.49. The van der Waals surface area contributed by atoms with Crippen molar-refractivity contribution in [1.29, 1.82) is 0 Å². The number of methoxy groups -OCH3 is 1.